The summed E-state index contributed by atoms with van der Waals surface area (Å²) in [4.78, 5) is 26.8. The number of fused-ring (bicyclic) bond motifs is 2. The van der Waals surface area contributed by atoms with Gasteiger partial charge in [-0.05, 0) is 86.2 Å². The minimum absolute atomic E-state index is 0.196. The van der Waals surface area contributed by atoms with Gasteiger partial charge in [0.25, 0.3) is 0 Å². The molecule has 2 aliphatic heterocycles. The smallest absolute Gasteiger partial charge is 0.248 e. The van der Waals surface area contributed by atoms with Gasteiger partial charge in [-0.2, -0.15) is 0 Å². The molecule has 9 heteroatoms. The topological polar surface area (TPSA) is 82.6 Å². The van der Waals surface area contributed by atoms with Gasteiger partial charge in [-0.25, -0.2) is 14.4 Å². The van der Waals surface area contributed by atoms with Crippen LogP contribution in [0.4, 0.5) is 21.6 Å². The number of benzene rings is 2. The van der Waals surface area contributed by atoms with E-state index in [4.69, 9.17) is 4.74 Å². The highest BCUT2D eigenvalue weighted by Crippen LogP contribution is 2.53. The molecule has 42 heavy (non-hydrogen) atoms. The zero-order valence-corrected chi connectivity index (χ0v) is 24.4. The molecule has 3 heterocycles. The summed E-state index contributed by atoms with van der Waals surface area (Å²) < 4.78 is 20.1. The second-order valence-electron chi connectivity index (χ2n) is 12.9. The minimum Gasteiger partial charge on any atom is -0.491 e. The van der Waals surface area contributed by atoms with Crippen molar-refractivity contribution in [3.8, 4) is 5.75 Å². The van der Waals surface area contributed by atoms with Crippen molar-refractivity contribution in [3.05, 3.63) is 60.2 Å². The van der Waals surface area contributed by atoms with E-state index in [2.05, 4.69) is 37.4 Å². The van der Waals surface area contributed by atoms with Crippen LogP contribution in [-0.4, -0.2) is 72.1 Å². The molecule has 2 aromatic carbocycles. The Morgan fingerprint density at radius 3 is 2.71 bits per heavy atom. The Kier molecular flexibility index (Phi) is 7.10. The molecule has 0 bridgehead atoms. The van der Waals surface area contributed by atoms with Crippen LogP contribution in [0.15, 0.2) is 48.8 Å². The first-order valence-corrected chi connectivity index (χ1v) is 15.2. The molecular formula is C33H39FN6O2. The fourth-order valence-electron chi connectivity index (χ4n) is 7.36. The van der Waals surface area contributed by atoms with Gasteiger partial charge < -0.3 is 20.3 Å². The number of carbonyl (C=O) groups is 1. The van der Waals surface area contributed by atoms with Crippen molar-refractivity contribution in [2.45, 2.75) is 32.6 Å². The number of nitrogens with one attached hydrogen (secondary N) is 2. The number of carbonyl (C=O) groups excluding carboxylic acids is 1. The van der Waals surface area contributed by atoms with Crippen LogP contribution < -0.4 is 15.4 Å². The Hall–Kier alpha value is -3.56. The van der Waals surface area contributed by atoms with Crippen molar-refractivity contribution in [1.82, 2.24) is 19.8 Å². The highest BCUT2D eigenvalue weighted by Gasteiger charge is 2.54. The molecule has 4 fully saturated rings. The molecule has 2 aliphatic carbocycles. The molecular weight excluding hydrogens is 531 g/mol. The SMILES string of the molecule is Cc1cc(Nc2ncnc3cc(OCCC4C5CN(C)CC45)c(NC(=O)/C=C/CN4CC5(CCC5)C4)cc23)ccc1F. The van der Waals surface area contributed by atoms with Crippen LogP contribution in [0.2, 0.25) is 0 Å². The molecule has 2 N–H and O–H groups in total. The van der Waals surface area contributed by atoms with Gasteiger partial charge in [0.1, 0.15) is 23.7 Å². The van der Waals surface area contributed by atoms with Crippen molar-refractivity contribution in [1.29, 1.82) is 0 Å². The van der Waals surface area contributed by atoms with Gasteiger partial charge in [0.05, 0.1) is 17.8 Å². The van der Waals surface area contributed by atoms with Gasteiger partial charge in [-0.1, -0.05) is 12.5 Å². The molecule has 2 saturated carbocycles. The van der Waals surface area contributed by atoms with Crippen molar-refractivity contribution in [2.24, 2.45) is 23.2 Å². The fraction of sp³-hybridized carbons (Fsp3) is 0.485. The molecule has 2 saturated heterocycles. The number of piperidine rings is 1. The Balaban J connectivity index is 1.08. The van der Waals surface area contributed by atoms with E-state index in [1.165, 1.54) is 44.7 Å². The van der Waals surface area contributed by atoms with E-state index in [1.807, 2.05) is 18.2 Å². The number of hydrogen-bond donors (Lipinski definition) is 2. The van der Waals surface area contributed by atoms with E-state index < -0.39 is 0 Å². The lowest BCUT2D eigenvalue weighted by molar-refractivity contribution is -0.112. The molecule has 3 aromatic rings. The lowest BCUT2D eigenvalue weighted by Crippen LogP contribution is -2.59. The molecule has 1 aromatic heterocycles. The van der Waals surface area contributed by atoms with Crippen LogP contribution in [0.5, 0.6) is 5.75 Å². The van der Waals surface area contributed by atoms with Gasteiger partial charge in [-0.15, -0.1) is 0 Å². The van der Waals surface area contributed by atoms with Gasteiger partial charge in [-0.3, -0.25) is 9.69 Å². The molecule has 8 nitrogen and oxygen atoms in total. The Labute approximate surface area is 246 Å². The lowest BCUT2D eigenvalue weighted by atomic mass is 9.63. The average molecular weight is 571 g/mol. The fourth-order valence-corrected chi connectivity index (χ4v) is 7.36. The molecule has 2 atom stereocenters. The van der Waals surface area contributed by atoms with Crippen LogP contribution in [0.3, 0.4) is 0 Å². The number of amides is 1. The maximum Gasteiger partial charge on any atom is 0.248 e. The number of likely N-dealkylation sites (tertiary alicyclic amines) is 2. The quantitative estimate of drug-likeness (QED) is 0.317. The maximum atomic E-state index is 13.8. The molecule has 1 spiro atoms. The number of halogens is 1. The summed E-state index contributed by atoms with van der Waals surface area (Å²) in [5.74, 6) is 3.03. The highest BCUT2D eigenvalue weighted by molar-refractivity contribution is 6.03. The third-order valence-electron chi connectivity index (χ3n) is 9.84. The first-order valence-electron chi connectivity index (χ1n) is 15.2. The normalized spacial score (nSPS) is 24.4. The number of aromatic nitrogens is 2. The molecule has 1 amide bonds. The number of rotatable bonds is 10. The molecule has 2 unspecified atom stereocenters. The van der Waals surface area contributed by atoms with Crippen LogP contribution in [0, 0.1) is 35.9 Å². The summed E-state index contributed by atoms with van der Waals surface area (Å²) in [5, 5.41) is 7.07. The second kappa shape index (κ2) is 10.9. The predicted molar refractivity (Wildman–Crippen MR) is 163 cm³/mol. The number of nitrogens with zero attached hydrogens (tertiary/aromatic N) is 4. The van der Waals surface area contributed by atoms with Crippen molar-refractivity contribution >= 4 is 34.0 Å². The zero-order chi connectivity index (χ0) is 28.8. The predicted octanol–water partition coefficient (Wildman–Crippen LogP) is 5.38. The van der Waals surface area contributed by atoms with Crippen LogP contribution >= 0.6 is 0 Å². The summed E-state index contributed by atoms with van der Waals surface area (Å²) in [5.41, 5.74) is 3.11. The Morgan fingerprint density at radius 1 is 1.17 bits per heavy atom. The van der Waals surface area contributed by atoms with Gasteiger partial charge in [0.2, 0.25) is 5.91 Å². The largest absolute Gasteiger partial charge is 0.491 e. The van der Waals surface area contributed by atoms with Crippen LogP contribution in [0.25, 0.3) is 10.9 Å². The standard InChI is InChI=1S/C33H39FN6O2/c1-21-13-22(6-7-27(21)34)37-32-24-14-29(38-31(41)5-3-11-40-18-33(19-40)9-4-10-33)30(15-28(24)35-20-36-32)42-12-8-23-25-16-39(2)17-26(23)25/h3,5-7,13-15,20,23,25-26H,4,8-12,16-19H2,1-2H3,(H,38,41)(H,35,36,37)/b5-3+. The highest BCUT2D eigenvalue weighted by atomic mass is 19.1. The maximum absolute atomic E-state index is 13.8. The first-order chi connectivity index (χ1) is 20.4. The van der Waals surface area contributed by atoms with Crippen LogP contribution in [0.1, 0.15) is 31.2 Å². The van der Waals surface area contributed by atoms with Crippen molar-refractivity contribution < 1.29 is 13.9 Å². The van der Waals surface area contributed by atoms with E-state index in [1.54, 1.807) is 25.1 Å². The molecule has 4 aliphatic rings. The van der Waals surface area contributed by atoms with Crippen LogP contribution in [-0.2, 0) is 4.79 Å². The Bertz CT molecular complexity index is 1520. The number of hydrogen-bond acceptors (Lipinski definition) is 7. The molecule has 220 valence electrons. The summed E-state index contributed by atoms with van der Waals surface area (Å²) in [6, 6.07) is 8.59. The third kappa shape index (κ3) is 5.47. The summed E-state index contributed by atoms with van der Waals surface area (Å²) in [6.07, 6.45) is 10.1. The van der Waals surface area contributed by atoms with E-state index in [-0.39, 0.29) is 11.7 Å². The Morgan fingerprint density at radius 2 is 1.98 bits per heavy atom. The zero-order valence-electron chi connectivity index (χ0n) is 24.4. The van der Waals surface area contributed by atoms with Gasteiger partial charge >= 0.3 is 0 Å². The third-order valence-corrected chi connectivity index (χ3v) is 9.84. The summed E-state index contributed by atoms with van der Waals surface area (Å²) in [6.45, 7) is 7.74. The summed E-state index contributed by atoms with van der Waals surface area (Å²) in [7, 11) is 2.19. The lowest BCUT2D eigenvalue weighted by Gasteiger charge is -2.56. The second-order valence-corrected chi connectivity index (χ2v) is 12.9. The first kappa shape index (κ1) is 27.3. The number of anilines is 3. The van der Waals surface area contributed by atoms with Gasteiger partial charge in [0, 0.05) is 55.9 Å². The number of ether oxygens (including phenoxy) is 1. The minimum atomic E-state index is -0.258. The number of aryl methyl sites for hydroxylation is 1. The van der Waals surface area contributed by atoms with Crippen molar-refractivity contribution in [3.63, 3.8) is 0 Å². The monoisotopic (exact) mass is 570 g/mol. The van der Waals surface area contributed by atoms with Gasteiger partial charge in [0.15, 0.2) is 0 Å². The van der Waals surface area contributed by atoms with E-state index >= 15 is 0 Å². The van der Waals surface area contributed by atoms with E-state index in [0.29, 0.717) is 40.4 Å². The van der Waals surface area contributed by atoms with E-state index in [0.717, 1.165) is 54.9 Å². The van der Waals surface area contributed by atoms with E-state index in [9.17, 15) is 9.18 Å². The molecule has 0 radical (unpaired) electrons. The van der Waals surface area contributed by atoms with Crippen molar-refractivity contribution in [2.75, 3.05) is 57.0 Å². The molecule has 7 rings (SSSR count). The summed E-state index contributed by atoms with van der Waals surface area (Å²) >= 11 is 0. The average Bonchev–Trinajstić information content (AvgIpc) is 3.37.